The first-order valence-electron chi connectivity index (χ1n) is 4.77. The molecule has 0 radical (unpaired) electrons. The number of aromatic nitrogens is 1. The van der Waals surface area contributed by atoms with E-state index in [4.69, 9.17) is 0 Å². The lowest BCUT2D eigenvalue weighted by molar-refractivity contribution is 0.589. The van der Waals surface area contributed by atoms with E-state index in [9.17, 15) is 0 Å². The van der Waals surface area contributed by atoms with Gasteiger partial charge in [0.1, 0.15) is 0 Å². The molecule has 2 aromatic rings. The first-order chi connectivity index (χ1) is 6.57. The van der Waals surface area contributed by atoms with Gasteiger partial charge in [-0.1, -0.05) is 29.0 Å². The molecule has 72 valence electrons. The molecular formula is C12H14NP. The summed E-state index contributed by atoms with van der Waals surface area (Å²) in [5.74, 6) is 4.32. The van der Waals surface area contributed by atoms with Crippen LogP contribution in [-0.4, -0.2) is 4.98 Å². The molecule has 0 unspecified atom stereocenters. The molecule has 2 aromatic heterocycles. The average Bonchev–Trinajstić information content (AvgIpc) is 2.16. The Hall–Kier alpha value is -0.940. The lowest BCUT2D eigenvalue weighted by atomic mass is 9.88. The molecule has 0 aliphatic heterocycles. The van der Waals surface area contributed by atoms with Crippen LogP contribution in [0.5, 0.6) is 0 Å². The van der Waals surface area contributed by atoms with Crippen molar-refractivity contribution in [1.29, 1.82) is 0 Å². The van der Waals surface area contributed by atoms with Gasteiger partial charge in [-0.2, -0.15) is 0 Å². The van der Waals surface area contributed by atoms with Crippen LogP contribution in [0.2, 0.25) is 0 Å². The van der Waals surface area contributed by atoms with Crippen molar-refractivity contribution < 1.29 is 0 Å². The third-order valence-electron chi connectivity index (χ3n) is 2.35. The van der Waals surface area contributed by atoms with E-state index < -0.39 is 0 Å². The summed E-state index contributed by atoms with van der Waals surface area (Å²) in [5, 5.41) is 1.27. The second-order valence-corrected chi connectivity index (χ2v) is 5.40. The zero-order valence-corrected chi connectivity index (χ0v) is 9.68. The van der Waals surface area contributed by atoms with Gasteiger partial charge in [-0.05, 0) is 34.7 Å². The Bertz CT molecular complexity index is 457. The summed E-state index contributed by atoms with van der Waals surface area (Å²) in [7, 11) is 1.26. The zero-order valence-electron chi connectivity index (χ0n) is 8.78. The van der Waals surface area contributed by atoms with Crippen molar-refractivity contribution in [3.05, 3.63) is 35.5 Å². The molecule has 0 bridgehead atoms. The van der Waals surface area contributed by atoms with Gasteiger partial charge in [0.25, 0.3) is 0 Å². The van der Waals surface area contributed by atoms with Crippen molar-refractivity contribution in [2.45, 2.75) is 26.2 Å². The lowest BCUT2D eigenvalue weighted by Gasteiger charge is -2.18. The van der Waals surface area contributed by atoms with Gasteiger partial charge >= 0.3 is 0 Å². The van der Waals surface area contributed by atoms with E-state index in [2.05, 4.69) is 49.5 Å². The highest BCUT2D eigenvalue weighted by molar-refractivity contribution is 7.28. The van der Waals surface area contributed by atoms with Crippen LogP contribution in [0.25, 0.3) is 10.9 Å². The van der Waals surface area contributed by atoms with Crippen LogP contribution in [0, 0.1) is 0 Å². The zero-order chi connectivity index (χ0) is 10.2. The molecule has 14 heavy (non-hydrogen) atoms. The molecule has 2 heteroatoms. The predicted molar refractivity (Wildman–Crippen MR) is 63.0 cm³/mol. The number of pyridine rings is 1. The van der Waals surface area contributed by atoms with Crippen molar-refractivity contribution >= 4 is 19.1 Å². The number of nitrogens with zero attached hydrogens (tertiary/aromatic N) is 1. The summed E-state index contributed by atoms with van der Waals surface area (Å²) in [6.45, 7) is 6.65. The lowest BCUT2D eigenvalue weighted by Crippen LogP contribution is -2.11. The maximum atomic E-state index is 4.46. The van der Waals surface area contributed by atoms with Gasteiger partial charge in [0.2, 0.25) is 0 Å². The third-order valence-corrected chi connectivity index (χ3v) is 3.10. The molecule has 0 aromatic carbocycles. The van der Waals surface area contributed by atoms with E-state index in [1.54, 1.807) is 0 Å². The van der Waals surface area contributed by atoms with Crippen LogP contribution >= 0.6 is 8.19 Å². The van der Waals surface area contributed by atoms with E-state index in [1.807, 2.05) is 6.20 Å². The minimum atomic E-state index is 0.188. The standard InChI is InChI=1S/C12H14NP/c1-12(2,3)10-6-9-8-14-5-4-11(9)13-7-10/h4-8H,1-3H3. The molecule has 0 spiro atoms. The van der Waals surface area contributed by atoms with E-state index in [-0.39, 0.29) is 5.41 Å². The Morgan fingerprint density at radius 3 is 2.79 bits per heavy atom. The number of fused-ring (bicyclic) bond motifs is 1. The molecular weight excluding hydrogens is 189 g/mol. The predicted octanol–water partition coefficient (Wildman–Crippen LogP) is 4.11. The topological polar surface area (TPSA) is 12.9 Å². The number of rotatable bonds is 0. The second-order valence-electron chi connectivity index (χ2n) is 4.54. The van der Waals surface area contributed by atoms with E-state index in [0.717, 1.165) is 5.52 Å². The Balaban J connectivity index is 2.63. The summed E-state index contributed by atoms with van der Waals surface area (Å²) >= 11 is 0. The molecule has 0 aliphatic rings. The van der Waals surface area contributed by atoms with Crippen molar-refractivity contribution in [2.24, 2.45) is 0 Å². The van der Waals surface area contributed by atoms with Gasteiger partial charge in [-0.15, -0.1) is 0 Å². The Labute approximate surface area is 86.3 Å². The second kappa shape index (κ2) is 3.33. The fraction of sp³-hybridized carbons (Fsp3) is 0.333. The van der Waals surface area contributed by atoms with Crippen LogP contribution in [-0.2, 0) is 5.41 Å². The van der Waals surface area contributed by atoms with Crippen molar-refractivity contribution in [1.82, 2.24) is 4.98 Å². The first kappa shape index (κ1) is 9.61. The third kappa shape index (κ3) is 1.78. The average molecular weight is 203 g/mol. The molecule has 0 N–H and O–H groups in total. The Morgan fingerprint density at radius 2 is 2.07 bits per heavy atom. The Kier molecular flexibility index (Phi) is 2.28. The van der Waals surface area contributed by atoms with E-state index >= 15 is 0 Å². The summed E-state index contributed by atoms with van der Waals surface area (Å²) in [6, 6.07) is 4.34. The van der Waals surface area contributed by atoms with Gasteiger partial charge in [0.05, 0.1) is 5.52 Å². The highest BCUT2D eigenvalue weighted by Gasteiger charge is 2.13. The highest BCUT2D eigenvalue weighted by atomic mass is 31.0. The van der Waals surface area contributed by atoms with Crippen molar-refractivity contribution in [3.8, 4) is 0 Å². The van der Waals surface area contributed by atoms with Gasteiger partial charge in [0.15, 0.2) is 0 Å². The van der Waals surface area contributed by atoms with Crippen LogP contribution in [0.3, 0.4) is 0 Å². The largest absolute Gasteiger partial charge is 0.256 e. The first-order valence-corrected chi connectivity index (χ1v) is 5.81. The van der Waals surface area contributed by atoms with Crippen LogP contribution in [0.4, 0.5) is 0 Å². The number of hydrogen-bond acceptors (Lipinski definition) is 1. The summed E-state index contributed by atoms with van der Waals surface area (Å²) in [4.78, 5) is 4.46. The van der Waals surface area contributed by atoms with Gasteiger partial charge < -0.3 is 0 Å². The molecule has 0 saturated carbocycles. The van der Waals surface area contributed by atoms with E-state index in [1.165, 1.54) is 19.1 Å². The van der Waals surface area contributed by atoms with E-state index in [0.29, 0.717) is 0 Å². The molecule has 2 heterocycles. The minimum absolute atomic E-state index is 0.188. The minimum Gasteiger partial charge on any atom is -0.256 e. The molecule has 0 aliphatic carbocycles. The van der Waals surface area contributed by atoms with Gasteiger partial charge in [-0.25, -0.2) is 0 Å². The fourth-order valence-electron chi connectivity index (χ4n) is 1.38. The van der Waals surface area contributed by atoms with Crippen LogP contribution in [0.1, 0.15) is 26.3 Å². The highest BCUT2D eigenvalue weighted by Crippen LogP contribution is 2.25. The molecule has 0 saturated heterocycles. The number of hydrogen-bond donors (Lipinski definition) is 0. The normalized spacial score (nSPS) is 12.5. The van der Waals surface area contributed by atoms with Crippen LogP contribution in [0.15, 0.2) is 29.9 Å². The fourth-order valence-corrected chi connectivity index (χ4v) is 2.06. The molecule has 2 rings (SSSR count). The SMILES string of the molecule is CC(C)(C)c1cnc2ccpcc2c1. The maximum Gasteiger partial charge on any atom is 0.0709 e. The molecule has 0 amide bonds. The Morgan fingerprint density at radius 1 is 1.29 bits per heavy atom. The summed E-state index contributed by atoms with van der Waals surface area (Å²) < 4.78 is 0. The van der Waals surface area contributed by atoms with Crippen molar-refractivity contribution in [2.75, 3.05) is 0 Å². The molecule has 0 atom stereocenters. The molecule has 1 nitrogen and oxygen atoms in total. The van der Waals surface area contributed by atoms with Gasteiger partial charge in [0, 0.05) is 11.6 Å². The quantitative estimate of drug-likeness (QED) is 0.627. The van der Waals surface area contributed by atoms with Crippen molar-refractivity contribution in [3.63, 3.8) is 0 Å². The summed E-state index contributed by atoms with van der Waals surface area (Å²) in [5.41, 5.74) is 2.59. The monoisotopic (exact) mass is 203 g/mol. The maximum absolute atomic E-state index is 4.46. The van der Waals surface area contributed by atoms with Gasteiger partial charge in [-0.3, -0.25) is 4.98 Å². The smallest absolute Gasteiger partial charge is 0.0709 e. The summed E-state index contributed by atoms with van der Waals surface area (Å²) in [6.07, 6.45) is 1.99. The van der Waals surface area contributed by atoms with Crippen LogP contribution < -0.4 is 0 Å². The molecule has 0 fully saturated rings.